The van der Waals surface area contributed by atoms with Crippen molar-refractivity contribution >= 4 is 39.6 Å². The first-order valence-corrected chi connectivity index (χ1v) is 12.3. The number of amides is 2. The predicted octanol–water partition coefficient (Wildman–Crippen LogP) is 4.59. The summed E-state index contributed by atoms with van der Waals surface area (Å²) in [6.07, 6.45) is 5.86. The second-order valence-electron chi connectivity index (χ2n) is 9.01. The largest absolute Gasteiger partial charge is 0.378 e. The average Bonchev–Trinajstić information content (AvgIpc) is 3.57. The molecule has 0 spiro atoms. The maximum atomic E-state index is 13.2. The van der Waals surface area contributed by atoms with Crippen molar-refractivity contribution in [2.24, 2.45) is 0 Å². The Kier molecular flexibility index (Phi) is 5.90. The lowest BCUT2D eigenvalue weighted by Gasteiger charge is -2.27. The molecule has 9 heteroatoms. The molecule has 0 bridgehead atoms. The minimum absolute atomic E-state index is 0.0217. The molecule has 1 aliphatic rings. The Bertz CT molecular complexity index is 1610. The van der Waals surface area contributed by atoms with Crippen molar-refractivity contribution in [2.75, 3.05) is 31.6 Å². The molecule has 2 amide bonds. The molecule has 5 aromatic rings. The minimum atomic E-state index is -0.0755. The molecule has 5 heterocycles. The fraction of sp³-hybridized carbons (Fsp3) is 0.214. The molecular formula is C28H26N6O3. The maximum Gasteiger partial charge on any atom is 0.254 e. The monoisotopic (exact) mass is 494 g/mol. The Labute approximate surface area is 212 Å². The highest BCUT2D eigenvalue weighted by atomic mass is 16.5. The van der Waals surface area contributed by atoms with Crippen molar-refractivity contribution in [3.8, 4) is 22.4 Å². The van der Waals surface area contributed by atoms with E-state index in [1.807, 2.05) is 41.4 Å². The van der Waals surface area contributed by atoms with Gasteiger partial charge in [0.2, 0.25) is 5.91 Å². The van der Waals surface area contributed by atoms with Crippen molar-refractivity contribution in [2.45, 2.75) is 13.3 Å². The molecule has 9 nitrogen and oxygen atoms in total. The molecule has 0 atom stereocenters. The van der Waals surface area contributed by atoms with E-state index in [9.17, 15) is 9.59 Å². The molecule has 6 rings (SSSR count). The van der Waals surface area contributed by atoms with Crippen LogP contribution in [0.2, 0.25) is 0 Å². The standard InChI is InChI=1S/C28H26N6O3/c1-2-26(35)33-25-7-6-17(14-29-25)18-12-21-22(16-31-27(21)30-15-18)24-13-20-19(4-3-5-23(20)32-24)28(36)34-8-10-37-11-9-34/h3-7,12-16,32H,2,8-11H2,1H3,(H,30,31)(H,29,33,35). The molecule has 1 aliphatic heterocycles. The summed E-state index contributed by atoms with van der Waals surface area (Å²) in [6, 6.07) is 13.6. The fourth-order valence-electron chi connectivity index (χ4n) is 4.68. The smallest absolute Gasteiger partial charge is 0.254 e. The van der Waals surface area contributed by atoms with Crippen LogP contribution in [0.25, 0.3) is 44.3 Å². The number of aromatic amines is 2. The molecule has 1 aromatic carbocycles. The number of anilines is 1. The van der Waals surface area contributed by atoms with Crippen molar-refractivity contribution in [1.82, 2.24) is 24.8 Å². The van der Waals surface area contributed by atoms with Gasteiger partial charge < -0.3 is 24.9 Å². The van der Waals surface area contributed by atoms with Crippen LogP contribution in [0.5, 0.6) is 0 Å². The quantitative estimate of drug-likeness (QED) is 0.330. The summed E-state index contributed by atoms with van der Waals surface area (Å²) >= 11 is 0. The van der Waals surface area contributed by atoms with Gasteiger partial charge in [0, 0.05) is 82.3 Å². The molecule has 3 N–H and O–H groups in total. The van der Waals surface area contributed by atoms with Crippen molar-refractivity contribution in [3.05, 3.63) is 66.6 Å². The average molecular weight is 495 g/mol. The van der Waals surface area contributed by atoms with Crippen LogP contribution in [0.3, 0.4) is 0 Å². The van der Waals surface area contributed by atoms with E-state index in [0.717, 1.165) is 44.3 Å². The van der Waals surface area contributed by atoms with Crippen LogP contribution < -0.4 is 5.32 Å². The molecule has 0 aliphatic carbocycles. The summed E-state index contributed by atoms with van der Waals surface area (Å²) in [7, 11) is 0. The number of carbonyl (C=O) groups excluding carboxylic acids is 2. The van der Waals surface area contributed by atoms with Crippen LogP contribution in [-0.4, -0.2) is 63.0 Å². The van der Waals surface area contributed by atoms with Crippen LogP contribution in [0.15, 0.2) is 61.1 Å². The van der Waals surface area contributed by atoms with E-state index in [4.69, 9.17) is 4.74 Å². The number of H-pyrrole nitrogens is 2. The molecule has 1 fully saturated rings. The molecule has 1 saturated heterocycles. The van der Waals surface area contributed by atoms with E-state index < -0.39 is 0 Å². The lowest BCUT2D eigenvalue weighted by molar-refractivity contribution is -0.115. The van der Waals surface area contributed by atoms with Crippen LogP contribution >= 0.6 is 0 Å². The van der Waals surface area contributed by atoms with Crippen LogP contribution in [0, 0.1) is 0 Å². The summed E-state index contributed by atoms with van der Waals surface area (Å²) in [4.78, 5) is 42.4. The van der Waals surface area contributed by atoms with Crippen LogP contribution in [0.4, 0.5) is 5.82 Å². The number of aromatic nitrogens is 4. The van der Waals surface area contributed by atoms with Gasteiger partial charge in [-0.15, -0.1) is 0 Å². The highest BCUT2D eigenvalue weighted by Gasteiger charge is 2.21. The number of benzene rings is 1. The fourth-order valence-corrected chi connectivity index (χ4v) is 4.68. The molecule has 186 valence electrons. The van der Waals surface area contributed by atoms with Gasteiger partial charge in [-0.3, -0.25) is 9.59 Å². The number of hydrogen-bond acceptors (Lipinski definition) is 5. The number of carbonyl (C=O) groups is 2. The summed E-state index contributed by atoms with van der Waals surface area (Å²) in [6.45, 7) is 4.14. The highest BCUT2D eigenvalue weighted by Crippen LogP contribution is 2.33. The van der Waals surface area contributed by atoms with Gasteiger partial charge in [-0.05, 0) is 36.4 Å². The Morgan fingerprint density at radius 3 is 2.65 bits per heavy atom. The van der Waals surface area contributed by atoms with Gasteiger partial charge in [0.05, 0.1) is 13.2 Å². The highest BCUT2D eigenvalue weighted by molar-refractivity contribution is 6.08. The van der Waals surface area contributed by atoms with E-state index in [1.165, 1.54) is 0 Å². The Hall–Kier alpha value is -4.50. The molecular weight excluding hydrogens is 468 g/mol. The first-order valence-electron chi connectivity index (χ1n) is 12.3. The Morgan fingerprint density at radius 1 is 1.03 bits per heavy atom. The Morgan fingerprint density at radius 2 is 1.86 bits per heavy atom. The number of nitrogens with one attached hydrogen (secondary N) is 3. The number of hydrogen-bond donors (Lipinski definition) is 3. The lowest BCUT2D eigenvalue weighted by Crippen LogP contribution is -2.40. The molecule has 0 unspecified atom stereocenters. The van der Waals surface area contributed by atoms with Crippen molar-refractivity contribution < 1.29 is 14.3 Å². The Balaban J connectivity index is 1.35. The zero-order valence-corrected chi connectivity index (χ0v) is 20.4. The minimum Gasteiger partial charge on any atom is -0.378 e. The zero-order chi connectivity index (χ0) is 25.4. The second-order valence-corrected chi connectivity index (χ2v) is 9.01. The SMILES string of the molecule is CCC(=O)Nc1ccc(-c2cnc3[nH]cc(-c4cc5c(C(=O)N6CCOCC6)cccc5[nH]4)c3c2)cn1. The van der Waals surface area contributed by atoms with E-state index in [-0.39, 0.29) is 11.8 Å². The van der Waals surface area contributed by atoms with Gasteiger partial charge >= 0.3 is 0 Å². The van der Waals surface area contributed by atoms with Gasteiger partial charge in [-0.25, -0.2) is 9.97 Å². The number of fused-ring (bicyclic) bond motifs is 2. The maximum absolute atomic E-state index is 13.2. The van der Waals surface area contributed by atoms with Crippen LogP contribution in [-0.2, 0) is 9.53 Å². The first-order chi connectivity index (χ1) is 18.1. The molecule has 4 aromatic heterocycles. The summed E-state index contributed by atoms with van der Waals surface area (Å²) < 4.78 is 5.40. The van der Waals surface area contributed by atoms with Gasteiger partial charge in [0.25, 0.3) is 5.91 Å². The van der Waals surface area contributed by atoms with Gasteiger partial charge in [0.15, 0.2) is 0 Å². The van der Waals surface area contributed by atoms with E-state index in [1.54, 1.807) is 25.4 Å². The summed E-state index contributed by atoms with van der Waals surface area (Å²) in [5.41, 5.74) is 6.02. The van der Waals surface area contributed by atoms with Gasteiger partial charge in [-0.1, -0.05) is 13.0 Å². The van der Waals surface area contributed by atoms with E-state index in [2.05, 4.69) is 31.3 Å². The second kappa shape index (κ2) is 9.51. The molecule has 0 radical (unpaired) electrons. The lowest BCUT2D eigenvalue weighted by atomic mass is 10.1. The third-order valence-corrected chi connectivity index (χ3v) is 6.70. The third kappa shape index (κ3) is 4.34. The zero-order valence-electron chi connectivity index (χ0n) is 20.4. The molecule has 0 saturated carbocycles. The van der Waals surface area contributed by atoms with Crippen molar-refractivity contribution in [1.29, 1.82) is 0 Å². The third-order valence-electron chi connectivity index (χ3n) is 6.70. The van der Waals surface area contributed by atoms with E-state index >= 15 is 0 Å². The number of pyridine rings is 2. The normalized spacial score (nSPS) is 13.8. The molecule has 37 heavy (non-hydrogen) atoms. The first kappa shape index (κ1) is 22.9. The summed E-state index contributed by atoms with van der Waals surface area (Å²) in [5.74, 6) is 0.467. The number of rotatable bonds is 5. The van der Waals surface area contributed by atoms with Crippen LogP contribution in [0.1, 0.15) is 23.7 Å². The van der Waals surface area contributed by atoms with Gasteiger partial charge in [-0.2, -0.15) is 0 Å². The summed E-state index contributed by atoms with van der Waals surface area (Å²) in [5, 5.41) is 4.61. The predicted molar refractivity (Wildman–Crippen MR) is 142 cm³/mol. The number of ether oxygens (including phenoxy) is 1. The van der Waals surface area contributed by atoms with E-state index in [0.29, 0.717) is 44.1 Å². The van der Waals surface area contributed by atoms with Gasteiger partial charge in [0.1, 0.15) is 11.5 Å². The number of morpholine rings is 1. The number of nitrogens with zero attached hydrogens (tertiary/aromatic N) is 3. The van der Waals surface area contributed by atoms with Crippen molar-refractivity contribution in [3.63, 3.8) is 0 Å². The topological polar surface area (TPSA) is 116 Å².